The molecule has 0 radical (unpaired) electrons. The second kappa shape index (κ2) is 7.85. The van der Waals surface area contributed by atoms with E-state index in [-0.39, 0.29) is 23.6 Å². The molecule has 0 unspecified atom stereocenters. The van der Waals surface area contributed by atoms with Crippen LogP contribution in [0, 0.1) is 5.82 Å². The second-order valence-electron chi connectivity index (χ2n) is 5.48. The van der Waals surface area contributed by atoms with Crippen LogP contribution in [0.5, 0.6) is 0 Å². The molecule has 0 aliphatic carbocycles. The first-order valence-electron chi connectivity index (χ1n) is 7.72. The molecule has 0 N–H and O–H groups in total. The fourth-order valence-electron chi connectivity index (χ4n) is 2.42. The number of thioether (sulfide) groups is 1. The van der Waals surface area contributed by atoms with E-state index in [1.807, 2.05) is 0 Å². The molecule has 0 aliphatic heterocycles. The zero-order chi connectivity index (χ0) is 18.7. The Morgan fingerprint density at radius 3 is 2.69 bits per heavy atom. The van der Waals surface area contributed by atoms with Crippen LogP contribution in [0.2, 0.25) is 5.02 Å². The molecule has 2 aromatic carbocycles. The molecule has 0 atom stereocenters. The lowest BCUT2D eigenvalue weighted by Gasteiger charge is -2.11. The Kier molecular flexibility index (Phi) is 5.54. The van der Waals surface area contributed by atoms with E-state index < -0.39 is 5.82 Å². The van der Waals surface area contributed by atoms with Crippen LogP contribution in [0.15, 0.2) is 65.1 Å². The van der Waals surface area contributed by atoms with E-state index in [4.69, 9.17) is 11.6 Å². The van der Waals surface area contributed by atoms with Crippen LogP contribution in [0.4, 0.5) is 4.39 Å². The summed E-state index contributed by atoms with van der Waals surface area (Å²) in [6.07, 6.45) is 1.59. The monoisotopic (exact) mass is 388 g/mol. The SMILES string of the molecule is C=CCn1c(SCC(=O)c2ccc(F)cc2)nc2cc(Cl)ccc2c1=O. The van der Waals surface area contributed by atoms with Gasteiger partial charge in [-0.2, -0.15) is 0 Å². The number of hydrogen-bond donors (Lipinski definition) is 0. The van der Waals surface area contributed by atoms with E-state index in [1.165, 1.54) is 28.8 Å². The number of carbonyl (C=O) groups is 1. The molecule has 0 aliphatic rings. The number of ketones is 1. The molecule has 0 saturated carbocycles. The molecule has 26 heavy (non-hydrogen) atoms. The third kappa shape index (κ3) is 3.86. The maximum absolute atomic E-state index is 13.0. The first-order valence-corrected chi connectivity index (χ1v) is 9.08. The summed E-state index contributed by atoms with van der Waals surface area (Å²) in [7, 11) is 0. The topological polar surface area (TPSA) is 52.0 Å². The van der Waals surface area contributed by atoms with Gasteiger partial charge < -0.3 is 0 Å². The molecule has 7 heteroatoms. The molecule has 3 aromatic rings. The Hall–Kier alpha value is -2.44. The van der Waals surface area contributed by atoms with Gasteiger partial charge >= 0.3 is 0 Å². The van der Waals surface area contributed by atoms with Crippen LogP contribution in [0.25, 0.3) is 10.9 Å². The molecular weight excluding hydrogens is 375 g/mol. The van der Waals surface area contributed by atoms with Crippen molar-refractivity contribution in [1.29, 1.82) is 0 Å². The van der Waals surface area contributed by atoms with E-state index in [0.29, 0.717) is 26.6 Å². The van der Waals surface area contributed by atoms with E-state index in [2.05, 4.69) is 11.6 Å². The largest absolute Gasteiger partial charge is 0.293 e. The summed E-state index contributed by atoms with van der Waals surface area (Å²) in [5, 5.41) is 1.33. The molecule has 0 bridgehead atoms. The molecular formula is C19H14ClFN2O2S. The quantitative estimate of drug-likeness (QED) is 0.272. The summed E-state index contributed by atoms with van der Waals surface area (Å²) in [5.74, 6) is -0.510. The first kappa shape index (κ1) is 18.4. The number of rotatable bonds is 6. The number of fused-ring (bicyclic) bond motifs is 1. The van der Waals surface area contributed by atoms with E-state index in [0.717, 1.165) is 11.8 Å². The van der Waals surface area contributed by atoms with Gasteiger partial charge in [-0.05, 0) is 42.5 Å². The van der Waals surface area contributed by atoms with Gasteiger partial charge in [-0.15, -0.1) is 6.58 Å². The maximum atomic E-state index is 13.0. The average Bonchev–Trinajstić information content (AvgIpc) is 2.62. The van der Waals surface area contributed by atoms with Crippen molar-refractivity contribution in [2.75, 3.05) is 5.75 Å². The molecule has 0 spiro atoms. The van der Waals surface area contributed by atoms with Gasteiger partial charge in [0, 0.05) is 17.1 Å². The molecule has 1 aromatic heterocycles. The van der Waals surface area contributed by atoms with Gasteiger partial charge in [-0.3, -0.25) is 14.2 Å². The van der Waals surface area contributed by atoms with Crippen LogP contribution >= 0.6 is 23.4 Å². The molecule has 3 rings (SSSR count). The fraction of sp³-hybridized carbons (Fsp3) is 0.105. The Balaban J connectivity index is 1.94. The molecule has 0 amide bonds. The van der Waals surface area contributed by atoms with Crippen molar-refractivity contribution < 1.29 is 9.18 Å². The highest BCUT2D eigenvalue weighted by Crippen LogP contribution is 2.21. The van der Waals surface area contributed by atoms with Crippen molar-refractivity contribution in [2.24, 2.45) is 0 Å². The number of Topliss-reactive ketones (excluding diaryl/α,β-unsaturated/α-hetero) is 1. The predicted octanol–water partition coefficient (Wildman–Crippen LogP) is 4.35. The predicted molar refractivity (Wildman–Crippen MR) is 103 cm³/mol. The summed E-state index contributed by atoms with van der Waals surface area (Å²) < 4.78 is 14.4. The summed E-state index contributed by atoms with van der Waals surface area (Å²) in [6.45, 7) is 3.94. The van der Waals surface area contributed by atoms with Crippen molar-refractivity contribution in [3.63, 3.8) is 0 Å². The fourth-order valence-corrected chi connectivity index (χ4v) is 3.49. The number of allylic oxidation sites excluding steroid dienone is 1. The Labute approximate surface area is 158 Å². The van der Waals surface area contributed by atoms with Gasteiger partial charge in [-0.1, -0.05) is 29.4 Å². The van der Waals surface area contributed by atoms with Crippen LogP contribution in [0.1, 0.15) is 10.4 Å². The maximum Gasteiger partial charge on any atom is 0.262 e. The second-order valence-corrected chi connectivity index (χ2v) is 6.86. The third-order valence-corrected chi connectivity index (χ3v) is 4.90. The van der Waals surface area contributed by atoms with Gasteiger partial charge in [0.1, 0.15) is 5.82 Å². The minimum Gasteiger partial charge on any atom is -0.293 e. The smallest absolute Gasteiger partial charge is 0.262 e. The first-order chi connectivity index (χ1) is 12.5. The van der Waals surface area contributed by atoms with Crippen molar-refractivity contribution in [3.05, 3.63) is 81.9 Å². The molecule has 0 saturated heterocycles. The third-order valence-electron chi connectivity index (χ3n) is 3.69. The molecule has 0 fully saturated rings. The highest BCUT2D eigenvalue weighted by Gasteiger charge is 2.14. The summed E-state index contributed by atoms with van der Waals surface area (Å²) >= 11 is 7.13. The van der Waals surface area contributed by atoms with Gasteiger partial charge in [-0.25, -0.2) is 9.37 Å². The van der Waals surface area contributed by atoms with E-state index >= 15 is 0 Å². The molecule has 4 nitrogen and oxygen atoms in total. The van der Waals surface area contributed by atoms with Gasteiger partial charge in [0.05, 0.1) is 16.7 Å². The number of hydrogen-bond acceptors (Lipinski definition) is 4. The Morgan fingerprint density at radius 2 is 2.00 bits per heavy atom. The zero-order valence-corrected chi connectivity index (χ0v) is 15.2. The van der Waals surface area contributed by atoms with Crippen LogP contribution < -0.4 is 5.56 Å². The Bertz CT molecular complexity index is 1050. The minimum atomic E-state index is -0.401. The highest BCUT2D eigenvalue weighted by molar-refractivity contribution is 7.99. The van der Waals surface area contributed by atoms with Gasteiger partial charge in [0.2, 0.25) is 0 Å². The van der Waals surface area contributed by atoms with Crippen LogP contribution in [-0.4, -0.2) is 21.1 Å². The van der Waals surface area contributed by atoms with Crippen molar-refractivity contribution in [3.8, 4) is 0 Å². The summed E-state index contributed by atoms with van der Waals surface area (Å²) in [4.78, 5) is 29.5. The van der Waals surface area contributed by atoms with Crippen LogP contribution in [-0.2, 0) is 6.54 Å². The minimum absolute atomic E-state index is 0.0707. The standard InChI is InChI=1S/C19H14ClFN2O2S/c1-2-9-23-18(25)15-8-5-13(20)10-16(15)22-19(23)26-11-17(24)12-3-6-14(21)7-4-12/h2-8,10H,1,9,11H2. The number of carbonyl (C=O) groups excluding carboxylic acids is 1. The van der Waals surface area contributed by atoms with Gasteiger partial charge in [0.25, 0.3) is 5.56 Å². The van der Waals surface area contributed by atoms with E-state index in [1.54, 1.807) is 24.3 Å². The van der Waals surface area contributed by atoms with Crippen LogP contribution in [0.3, 0.4) is 0 Å². The lowest BCUT2D eigenvalue weighted by atomic mass is 10.1. The number of aromatic nitrogens is 2. The number of halogens is 2. The van der Waals surface area contributed by atoms with E-state index in [9.17, 15) is 14.0 Å². The highest BCUT2D eigenvalue weighted by atomic mass is 35.5. The number of nitrogens with zero attached hydrogens (tertiary/aromatic N) is 2. The Morgan fingerprint density at radius 1 is 1.27 bits per heavy atom. The van der Waals surface area contributed by atoms with Gasteiger partial charge in [0.15, 0.2) is 10.9 Å². The summed E-state index contributed by atoms with van der Waals surface area (Å²) in [5.41, 5.74) is 0.656. The normalized spacial score (nSPS) is 10.8. The molecule has 1 heterocycles. The van der Waals surface area contributed by atoms with Crippen molar-refractivity contribution >= 4 is 40.0 Å². The molecule has 132 valence electrons. The zero-order valence-electron chi connectivity index (χ0n) is 13.6. The summed E-state index contributed by atoms with van der Waals surface area (Å²) in [6, 6.07) is 10.2. The lowest BCUT2D eigenvalue weighted by molar-refractivity contribution is 0.102. The van der Waals surface area contributed by atoms with Crippen molar-refractivity contribution in [2.45, 2.75) is 11.7 Å². The average molecular weight is 389 g/mol. The number of benzene rings is 2. The lowest BCUT2D eigenvalue weighted by Crippen LogP contribution is -2.23. The van der Waals surface area contributed by atoms with Crippen molar-refractivity contribution in [1.82, 2.24) is 9.55 Å².